The molecule has 0 saturated carbocycles. The van der Waals surface area contributed by atoms with Gasteiger partial charge in [0.1, 0.15) is 0 Å². The van der Waals surface area contributed by atoms with E-state index in [9.17, 15) is 10.1 Å². The van der Waals surface area contributed by atoms with Crippen LogP contribution < -0.4 is 10.3 Å². The number of carbonyl (C=O) groups is 1. The summed E-state index contributed by atoms with van der Waals surface area (Å²) in [7, 11) is 0. The van der Waals surface area contributed by atoms with Gasteiger partial charge in [0.15, 0.2) is 0 Å². The van der Waals surface area contributed by atoms with Gasteiger partial charge in [-0.3, -0.25) is 0 Å². The molecule has 2 aromatic carbocycles. The molecule has 0 saturated heterocycles. The second-order valence-corrected chi connectivity index (χ2v) is 6.86. The Balaban J connectivity index is 2.12. The van der Waals surface area contributed by atoms with Gasteiger partial charge in [-0.1, -0.05) is 46.9 Å². The van der Waals surface area contributed by atoms with E-state index in [2.05, 4.69) is 16.5 Å². The lowest BCUT2D eigenvalue weighted by molar-refractivity contribution is 0.247. The zero-order valence-electron chi connectivity index (χ0n) is 13.6. The summed E-state index contributed by atoms with van der Waals surface area (Å²) in [6.45, 7) is 2.12. The fraction of sp³-hybridized carbons (Fsp3) is 0.167. The third kappa shape index (κ3) is 3.36. The van der Waals surface area contributed by atoms with Crippen molar-refractivity contribution in [2.45, 2.75) is 12.8 Å². The highest BCUT2D eigenvalue weighted by Crippen LogP contribution is 2.42. The fourth-order valence-electron chi connectivity index (χ4n) is 2.73. The van der Waals surface area contributed by atoms with Crippen molar-refractivity contribution in [3.63, 3.8) is 0 Å². The minimum absolute atomic E-state index is 0.283. The first kappa shape index (κ1) is 18.5. The number of hydrogen-bond donors (Lipinski definition) is 1. The minimum Gasteiger partial charge on any atom is -0.331 e. The lowest BCUT2D eigenvalue weighted by Gasteiger charge is -2.25. The van der Waals surface area contributed by atoms with Crippen LogP contribution >= 0.6 is 34.8 Å². The van der Waals surface area contributed by atoms with E-state index in [0.717, 1.165) is 5.56 Å². The zero-order chi connectivity index (χ0) is 18.8. The van der Waals surface area contributed by atoms with Gasteiger partial charge in [0.2, 0.25) is 0 Å². The molecule has 1 aliphatic rings. The average Bonchev–Trinajstić information content (AvgIpc) is 2.63. The number of nitrogens with zero attached hydrogens (tertiary/aromatic N) is 3. The molecule has 0 fully saturated rings. The third-order valence-electron chi connectivity index (χ3n) is 4.05. The number of carbonyl (C=O) groups excluding carboxylic acids is 1. The SMILES string of the molecule is Cc1c(N2N=CCNC2=O)cc(Cl)c(C(C#N)c2ccc(Cl)cc2)c1Cl. The molecular formula is C18H13Cl3N4O. The maximum Gasteiger partial charge on any atom is 0.342 e. The van der Waals surface area contributed by atoms with Crippen LogP contribution in [0.2, 0.25) is 15.1 Å². The second kappa shape index (κ2) is 7.55. The van der Waals surface area contributed by atoms with E-state index in [1.54, 1.807) is 43.5 Å². The standard InChI is InChI=1S/C18H13Cl3N4O/c1-10-15(25-18(26)23-6-7-24-25)8-14(20)16(17(10)21)13(9-22)11-2-4-12(19)5-3-11/h2-5,7-8,13H,6H2,1H3,(H,23,26). The molecular weight excluding hydrogens is 395 g/mol. The van der Waals surface area contributed by atoms with Gasteiger partial charge in [0.05, 0.1) is 29.2 Å². The number of benzene rings is 2. The Morgan fingerprint density at radius 3 is 2.58 bits per heavy atom. The molecule has 1 heterocycles. The van der Waals surface area contributed by atoms with Gasteiger partial charge < -0.3 is 5.32 Å². The van der Waals surface area contributed by atoms with Gasteiger partial charge in [0.25, 0.3) is 0 Å². The van der Waals surface area contributed by atoms with E-state index in [1.807, 2.05) is 0 Å². The Morgan fingerprint density at radius 1 is 1.27 bits per heavy atom. The Kier molecular flexibility index (Phi) is 5.38. The Labute approximate surface area is 165 Å². The molecule has 3 rings (SSSR count). The largest absolute Gasteiger partial charge is 0.342 e. The number of amides is 2. The molecule has 2 amide bonds. The summed E-state index contributed by atoms with van der Waals surface area (Å²) >= 11 is 18.9. The number of nitriles is 1. The molecule has 0 spiro atoms. The molecule has 0 radical (unpaired) electrons. The van der Waals surface area contributed by atoms with E-state index in [-0.39, 0.29) is 11.1 Å². The van der Waals surface area contributed by atoms with Gasteiger partial charge in [-0.05, 0) is 36.2 Å². The molecule has 0 aliphatic carbocycles. The van der Waals surface area contributed by atoms with E-state index in [0.29, 0.717) is 33.4 Å². The molecule has 0 bridgehead atoms. The highest BCUT2D eigenvalue weighted by atomic mass is 35.5. The highest BCUT2D eigenvalue weighted by Gasteiger charge is 2.27. The normalized spacial score (nSPS) is 14.7. The van der Waals surface area contributed by atoms with Gasteiger partial charge in [-0.2, -0.15) is 15.4 Å². The molecule has 1 aliphatic heterocycles. The minimum atomic E-state index is -0.668. The van der Waals surface area contributed by atoms with Crippen LogP contribution in [0.1, 0.15) is 22.6 Å². The van der Waals surface area contributed by atoms with Crippen molar-refractivity contribution in [3.8, 4) is 6.07 Å². The van der Waals surface area contributed by atoms with E-state index >= 15 is 0 Å². The summed E-state index contributed by atoms with van der Waals surface area (Å²) in [4.78, 5) is 12.0. The predicted molar refractivity (Wildman–Crippen MR) is 104 cm³/mol. The first-order valence-corrected chi connectivity index (χ1v) is 8.81. The Morgan fingerprint density at radius 2 is 1.96 bits per heavy atom. The van der Waals surface area contributed by atoms with Crippen LogP contribution in [0.5, 0.6) is 0 Å². The second-order valence-electron chi connectivity index (χ2n) is 5.64. The van der Waals surface area contributed by atoms with Crippen LogP contribution in [0, 0.1) is 18.3 Å². The summed E-state index contributed by atoms with van der Waals surface area (Å²) in [6.07, 6.45) is 1.57. The van der Waals surface area contributed by atoms with E-state index in [1.165, 1.54) is 5.01 Å². The number of urea groups is 1. The van der Waals surface area contributed by atoms with Gasteiger partial charge in [0, 0.05) is 21.8 Å². The summed E-state index contributed by atoms with van der Waals surface area (Å²) < 4.78 is 0. The van der Waals surface area contributed by atoms with Crippen molar-refractivity contribution in [2.24, 2.45) is 5.10 Å². The molecule has 2 aromatic rings. The van der Waals surface area contributed by atoms with Crippen molar-refractivity contribution in [3.05, 3.63) is 62.1 Å². The summed E-state index contributed by atoms with van der Waals surface area (Å²) in [5.41, 5.74) is 2.28. The lowest BCUT2D eigenvalue weighted by Crippen LogP contribution is -2.42. The maximum absolute atomic E-state index is 12.0. The number of anilines is 1. The van der Waals surface area contributed by atoms with Crippen molar-refractivity contribution < 1.29 is 4.79 Å². The van der Waals surface area contributed by atoms with Crippen molar-refractivity contribution >= 4 is 52.7 Å². The maximum atomic E-state index is 12.0. The molecule has 132 valence electrons. The smallest absolute Gasteiger partial charge is 0.331 e. The average molecular weight is 408 g/mol. The topological polar surface area (TPSA) is 68.5 Å². The number of halogens is 3. The molecule has 1 atom stereocenters. The number of hydrogen-bond acceptors (Lipinski definition) is 3. The van der Waals surface area contributed by atoms with Crippen LogP contribution in [0.3, 0.4) is 0 Å². The molecule has 1 N–H and O–H groups in total. The summed E-state index contributed by atoms with van der Waals surface area (Å²) in [5.74, 6) is -0.668. The zero-order valence-corrected chi connectivity index (χ0v) is 15.9. The number of hydrazone groups is 1. The van der Waals surface area contributed by atoms with Gasteiger partial charge >= 0.3 is 6.03 Å². The van der Waals surface area contributed by atoms with Crippen LogP contribution in [-0.2, 0) is 0 Å². The third-order valence-corrected chi connectivity index (χ3v) is 5.11. The Bertz CT molecular complexity index is 935. The van der Waals surface area contributed by atoms with Crippen LogP contribution in [0.4, 0.5) is 10.5 Å². The highest BCUT2D eigenvalue weighted by molar-refractivity contribution is 6.37. The van der Waals surface area contributed by atoms with Crippen molar-refractivity contribution in [2.75, 3.05) is 11.6 Å². The lowest BCUT2D eigenvalue weighted by atomic mass is 9.91. The molecule has 0 aromatic heterocycles. The fourth-order valence-corrected chi connectivity index (χ4v) is 3.51. The van der Waals surface area contributed by atoms with E-state index < -0.39 is 5.92 Å². The van der Waals surface area contributed by atoms with Crippen LogP contribution in [0.15, 0.2) is 35.4 Å². The van der Waals surface area contributed by atoms with Gasteiger partial charge in [-0.15, -0.1) is 0 Å². The first-order valence-electron chi connectivity index (χ1n) is 7.68. The van der Waals surface area contributed by atoms with Crippen LogP contribution in [0.25, 0.3) is 0 Å². The summed E-state index contributed by atoms with van der Waals surface area (Å²) in [6, 6.07) is 10.4. The predicted octanol–water partition coefficient (Wildman–Crippen LogP) is 5.13. The van der Waals surface area contributed by atoms with Crippen molar-refractivity contribution in [1.29, 1.82) is 5.26 Å². The number of rotatable bonds is 3. The quantitative estimate of drug-likeness (QED) is 0.766. The van der Waals surface area contributed by atoms with Crippen LogP contribution in [-0.4, -0.2) is 18.8 Å². The van der Waals surface area contributed by atoms with Gasteiger partial charge in [-0.25, -0.2) is 4.79 Å². The Hall–Kier alpha value is -2.26. The molecule has 26 heavy (non-hydrogen) atoms. The molecule has 5 nitrogen and oxygen atoms in total. The van der Waals surface area contributed by atoms with E-state index in [4.69, 9.17) is 34.8 Å². The van der Waals surface area contributed by atoms with Crippen molar-refractivity contribution in [1.82, 2.24) is 5.32 Å². The first-order chi connectivity index (χ1) is 12.4. The monoisotopic (exact) mass is 406 g/mol. The molecule has 8 heteroatoms. The molecule has 1 unspecified atom stereocenters. The summed E-state index contributed by atoms with van der Waals surface area (Å²) in [5, 5.41) is 18.8. The number of nitrogens with one attached hydrogen (secondary N) is 1.